The van der Waals surface area contributed by atoms with Crippen molar-refractivity contribution in [2.75, 3.05) is 37.4 Å². The first-order valence-electron chi connectivity index (χ1n) is 24.5. The number of carbonyl (C=O) groups is 3. The lowest BCUT2D eigenvalue weighted by Gasteiger charge is -2.49. The number of nitrogens with zero attached hydrogens (tertiary/aromatic N) is 7. The molecule has 5 heterocycles. The molecule has 0 aliphatic carbocycles. The Balaban J connectivity index is 1.02. The van der Waals surface area contributed by atoms with E-state index in [1.165, 1.54) is 13.2 Å². The van der Waals surface area contributed by atoms with Crippen LogP contribution < -0.4 is 41.9 Å². The monoisotopic (exact) mass is 1020 g/mol. The first kappa shape index (κ1) is 50.7. The maximum atomic E-state index is 14.0. The Morgan fingerprint density at radius 1 is 0.716 bits per heavy atom. The van der Waals surface area contributed by atoms with E-state index in [9.17, 15) is 14.4 Å². The van der Waals surface area contributed by atoms with Crippen LogP contribution in [0, 0.1) is 13.8 Å². The van der Waals surface area contributed by atoms with Gasteiger partial charge in [0.05, 0.1) is 24.2 Å². The fourth-order valence-electron chi connectivity index (χ4n) is 9.62. The van der Waals surface area contributed by atoms with Crippen LogP contribution in [0.1, 0.15) is 78.5 Å². The van der Waals surface area contributed by atoms with Crippen molar-refractivity contribution in [2.45, 2.75) is 85.5 Å². The van der Waals surface area contributed by atoms with Gasteiger partial charge in [-0.15, -0.1) is 0 Å². The quantitative estimate of drug-likeness (QED) is 0.0435. The molecular weight excluding hydrogens is 959 g/mol. The van der Waals surface area contributed by atoms with Crippen molar-refractivity contribution in [1.29, 1.82) is 0 Å². The number of likely N-dealkylation sites (tertiary alicyclic amines) is 1. The Kier molecular flexibility index (Phi) is 14.2. The molecule has 0 atom stereocenters. The summed E-state index contributed by atoms with van der Waals surface area (Å²) in [5.74, 6) is 1.60. The largest absolute Gasteiger partial charge is 0.494 e. The SMILES string of the molecule is CCc1nc(C)oc1Nc1nc2cc(C(N)=O)cc(OC)c2n1C/C=C/Cn1c(Nc2oc(C)nc2CC)nc2cc(C(N)=O)cc(OCC(=O)N3CC(O[Si](c4ccccc4)(c4ccccc4)C(C)(C)C)C3)c21. The topological polar surface area (TPSA) is 246 Å². The number of aryl methyl sites for hydroxylation is 4. The van der Waals surface area contributed by atoms with E-state index in [0.717, 1.165) is 16.1 Å². The van der Waals surface area contributed by atoms with Gasteiger partial charge in [-0.2, -0.15) is 0 Å². The molecular formula is C54H61N11O8Si. The minimum Gasteiger partial charge on any atom is -0.494 e. The zero-order valence-electron chi connectivity index (χ0n) is 42.8. The lowest BCUT2D eigenvalue weighted by atomic mass is 10.1. The molecule has 6 N–H and O–H groups in total. The van der Waals surface area contributed by atoms with Crippen molar-refractivity contribution >= 4 is 82.1 Å². The summed E-state index contributed by atoms with van der Waals surface area (Å²) >= 11 is 0. The van der Waals surface area contributed by atoms with Gasteiger partial charge < -0.3 is 48.2 Å². The van der Waals surface area contributed by atoms with Gasteiger partial charge in [0, 0.05) is 51.2 Å². The summed E-state index contributed by atoms with van der Waals surface area (Å²) in [6.45, 7) is 15.1. The number of primary amides is 2. The number of aromatic nitrogens is 6. The lowest BCUT2D eigenvalue weighted by Crippen LogP contribution is -2.71. The smallest absolute Gasteiger partial charge is 0.261 e. The number of fused-ring (bicyclic) bond motifs is 2. The van der Waals surface area contributed by atoms with Crippen molar-refractivity contribution in [3.63, 3.8) is 0 Å². The van der Waals surface area contributed by atoms with Crippen LogP contribution in [0.15, 0.2) is 106 Å². The summed E-state index contributed by atoms with van der Waals surface area (Å²) in [5, 5.41) is 8.73. The highest BCUT2D eigenvalue weighted by Crippen LogP contribution is 2.39. The van der Waals surface area contributed by atoms with Gasteiger partial charge in [0.1, 0.15) is 33.9 Å². The predicted octanol–water partition coefficient (Wildman–Crippen LogP) is 7.22. The number of hydrogen-bond acceptors (Lipinski definition) is 14. The van der Waals surface area contributed by atoms with Gasteiger partial charge in [-0.25, -0.2) is 19.9 Å². The molecule has 74 heavy (non-hydrogen) atoms. The number of carbonyl (C=O) groups excluding carboxylic acids is 3. The molecule has 1 fully saturated rings. The molecule has 1 aliphatic heterocycles. The van der Waals surface area contributed by atoms with Gasteiger partial charge in [0.2, 0.25) is 35.5 Å². The van der Waals surface area contributed by atoms with Gasteiger partial charge in [0.15, 0.2) is 18.4 Å². The normalized spacial score (nSPS) is 13.2. The molecule has 4 aromatic heterocycles. The summed E-state index contributed by atoms with van der Waals surface area (Å²) in [6.07, 6.45) is 4.84. The van der Waals surface area contributed by atoms with Gasteiger partial charge in [0.25, 0.3) is 14.2 Å². The number of imidazole rings is 2. The van der Waals surface area contributed by atoms with Crippen LogP contribution in [0.4, 0.5) is 23.7 Å². The molecule has 19 nitrogen and oxygen atoms in total. The number of oxazole rings is 2. The number of nitrogens with one attached hydrogen (secondary N) is 2. The van der Waals surface area contributed by atoms with Crippen LogP contribution in [0.25, 0.3) is 22.1 Å². The van der Waals surface area contributed by atoms with E-state index in [4.69, 9.17) is 44.2 Å². The number of allylic oxidation sites excluding steroid dienone is 2. The van der Waals surface area contributed by atoms with Crippen molar-refractivity contribution in [3.8, 4) is 11.5 Å². The molecule has 0 unspecified atom stereocenters. The van der Waals surface area contributed by atoms with E-state index in [0.29, 0.717) is 94.9 Å². The third kappa shape index (κ3) is 9.84. The standard InChI is InChI=1S/C54H61N11O8Si/c1-9-39-50(71-32(3)57-39)61-52-59-41-25-34(48(55)67)27-43(69-8)46(41)64(52)23-17-18-24-65-47-42(60-53(65)62-51-40(10-2)58-33(4)72-51)26-35(49(56)68)28-44(47)70-31-45(66)63-29-36(30-63)73-74(54(5,6)7,37-19-13-11-14-20-37)38-21-15-12-16-22-38/h11-22,25-28,36H,9-10,23-24,29-31H2,1-8H3,(H2,55,67)(H2,56,68)(H,59,61)(H,60,62)/b18-17+. The van der Waals surface area contributed by atoms with Gasteiger partial charge in [-0.3, -0.25) is 25.0 Å². The molecule has 1 aliphatic rings. The van der Waals surface area contributed by atoms with Crippen molar-refractivity contribution < 1.29 is 37.1 Å². The number of anilines is 4. The lowest BCUT2D eigenvalue weighted by molar-refractivity contribution is -0.142. The third-order valence-electron chi connectivity index (χ3n) is 13.2. The van der Waals surface area contributed by atoms with E-state index >= 15 is 0 Å². The van der Waals surface area contributed by atoms with Crippen LogP contribution >= 0.6 is 0 Å². The van der Waals surface area contributed by atoms with Gasteiger partial charge >= 0.3 is 0 Å². The maximum absolute atomic E-state index is 14.0. The van der Waals surface area contributed by atoms with Crippen LogP contribution in [-0.4, -0.2) is 92.9 Å². The average Bonchev–Trinajstić information content (AvgIpc) is 4.13. The fraction of sp³-hybridized carbons (Fsp3) is 0.315. The maximum Gasteiger partial charge on any atom is 0.261 e. The minimum atomic E-state index is -2.86. The molecule has 0 bridgehead atoms. The van der Waals surface area contributed by atoms with Crippen molar-refractivity contribution in [2.24, 2.45) is 11.5 Å². The highest BCUT2D eigenvalue weighted by atomic mass is 28.4. The van der Waals surface area contributed by atoms with Crippen LogP contribution in [0.2, 0.25) is 5.04 Å². The number of hydrogen-bond donors (Lipinski definition) is 4. The Morgan fingerprint density at radius 3 is 1.61 bits per heavy atom. The molecule has 0 spiro atoms. The molecule has 3 amide bonds. The first-order chi connectivity index (χ1) is 35.5. The highest BCUT2D eigenvalue weighted by molar-refractivity contribution is 6.99. The van der Waals surface area contributed by atoms with Gasteiger partial charge in [-0.05, 0) is 52.5 Å². The fourth-order valence-corrected chi connectivity index (χ4v) is 14.3. The molecule has 0 radical (unpaired) electrons. The number of rotatable bonds is 20. The van der Waals surface area contributed by atoms with Crippen molar-refractivity contribution in [1.82, 2.24) is 34.0 Å². The minimum absolute atomic E-state index is 0.146. The number of amides is 3. The molecule has 4 aromatic carbocycles. The molecule has 20 heteroatoms. The zero-order chi connectivity index (χ0) is 52.5. The number of ether oxygens (including phenoxy) is 2. The summed E-state index contributed by atoms with van der Waals surface area (Å²) < 4.78 is 35.2. The summed E-state index contributed by atoms with van der Waals surface area (Å²) in [4.78, 5) is 59.8. The number of benzene rings is 4. The molecule has 0 saturated carbocycles. The van der Waals surface area contributed by atoms with E-state index in [1.807, 2.05) is 47.3 Å². The van der Waals surface area contributed by atoms with Crippen LogP contribution in [-0.2, 0) is 35.2 Å². The van der Waals surface area contributed by atoms with Crippen molar-refractivity contribution in [3.05, 3.63) is 131 Å². The van der Waals surface area contributed by atoms with E-state index < -0.39 is 20.1 Å². The molecule has 8 aromatic rings. The van der Waals surface area contributed by atoms with E-state index in [2.05, 4.69) is 89.9 Å². The second kappa shape index (κ2) is 20.7. The van der Waals surface area contributed by atoms with E-state index in [1.54, 1.807) is 36.9 Å². The van der Waals surface area contributed by atoms with E-state index in [-0.39, 0.29) is 53.6 Å². The second-order valence-corrected chi connectivity index (χ2v) is 23.4. The molecule has 9 rings (SSSR count). The van der Waals surface area contributed by atoms with Crippen LogP contribution in [0.3, 0.4) is 0 Å². The Bertz CT molecular complexity index is 3360. The zero-order valence-corrected chi connectivity index (χ0v) is 43.8. The summed E-state index contributed by atoms with van der Waals surface area (Å²) in [5.41, 5.74) is 15.3. The van der Waals surface area contributed by atoms with Crippen LogP contribution in [0.5, 0.6) is 11.5 Å². The summed E-state index contributed by atoms with van der Waals surface area (Å²) in [7, 11) is -1.35. The Morgan fingerprint density at radius 2 is 1.18 bits per heavy atom. The Labute approximate surface area is 429 Å². The first-order valence-corrected chi connectivity index (χ1v) is 26.5. The highest BCUT2D eigenvalue weighted by Gasteiger charge is 2.53. The number of nitrogens with two attached hydrogens (primary N) is 2. The third-order valence-corrected chi connectivity index (χ3v) is 18.3. The Hall–Kier alpha value is -8.23. The van der Waals surface area contributed by atoms with Gasteiger partial charge in [-0.1, -0.05) is 107 Å². The summed E-state index contributed by atoms with van der Waals surface area (Å²) in [6, 6.07) is 27.1. The predicted molar refractivity (Wildman–Crippen MR) is 285 cm³/mol. The number of methoxy groups -OCH3 is 1. The molecule has 384 valence electrons. The molecule has 1 saturated heterocycles. The second-order valence-electron chi connectivity index (χ2n) is 19.1. The average molecular weight is 1020 g/mol.